The molecule has 2 aliphatic heterocycles. The van der Waals surface area contributed by atoms with Gasteiger partial charge in [0, 0.05) is 37.3 Å². The monoisotopic (exact) mass is 1010 g/mol. The van der Waals surface area contributed by atoms with Crippen molar-refractivity contribution in [1.29, 1.82) is 0 Å². The van der Waals surface area contributed by atoms with Crippen LogP contribution in [0, 0.1) is 17.5 Å². The molecule has 0 fully saturated rings. The minimum Gasteiger partial charge on any atom is -0.504 e. The number of phenolic OH excluding ortho intramolecular Hbond substituents is 1. The number of hydrogen-bond acceptors (Lipinski definition) is 6. The molecule has 10 nitrogen and oxygen atoms in total. The van der Waals surface area contributed by atoms with E-state index >= 15 is 4.39 Å². The number of halogens is 11. The molecule has 7 aromatic rings. The van der Waals surface area contributed by atoms with Gasteiger partial charge in [0.05, 0.1) is 31.8 Å². The van der Waals surface area contributed by atoms with Gasteiger partial charge in [0.25, 0.3) is 11.1 Å². The highest BCUT2D eigenvalue weighted by atomic mass is 35.5. The van der Waals surface area contributed by atoms with E-state index in [4.69, 9.17) is 72.2 Å². The highest BCUT2D eigenvalue weighted by molar-refractivity contribution is 6.34. The van der Waals surface area contributed by atoms with Gasteiger partial charge in [-0.2, -0.15) is 13.2 Å². The lowest BCUT2D eigenvalue weighted by Gasteiger charge is -2.17. The average molecular weight is 1020 g/mol. The van der Waals surface area contributed by atoms with Crippen LogP contribution in [-0.2, 0) is 32.4 Å². The van der Waals surface area contributed by atoms with Gasteiger partial charge in [0.15, 0.2) is 34.6 Å². The predicted octanol–water partition coefficient (Wildman–Crippen LogP) is 14.0. The zero-order chi connectivity index (χ0) is 47.2. The summed E-state index contributed by atoms with van der Waals surface area (Å²) in [6.45, 7) is 2.07. The molecule has 2 aliphatic rings. The van der Waals surface area contributed by atoms with Crippen LogP contribution in [-0.4, -0.2) is 23.8 Å². The number of phenols is 1. The summed E-state index contributed by atoms with van der Waals surface area (Å²) >= 11 is 31.1. The highest BCUT2D eigenvalue weighted by Crippen LogP contribution is 2.44. The summed E-state index contributed by atoms with van der Waals surface area (Å²) in [5.41, 5.74) is -2.22. The molecule has 4 heterocycles. The van der Waals surface area contributed by atoms with E-state index in [0.29, 0.717) is 32.2 Å². The van der Waals surface area contributed by atoms with E-state index < -0.39 is 45.5 Å². The Kier molecular flexibility index (Phi) is 13.4. The minimum absolute atomic E-state index is 0.00854. The maximum absolute atomic E-state index is 15.0. The van der Waals surface area contributed by atoms with Gasteiger partial charge < -0.3 is 19.3 Å². The second-order valence-electron chi connectivity index (χ2n) is 14.9. The maximum atomic E-state index is 15.0. The van der Waals surface area contributed by atoms with E-state index in [1.807, 2.05) is 0 Å². The molecule has 0 amide bonds. The summed E-state index contributed by atoms with van der Waals surface area (Å²) in [6.07, 6.45) is -1.46. The Hall–Kier alpha value is -5.65. The van der Waals surface area contributed by atoms with Crippen molar-refractivity contribution in [2.45, 2.75) is 58.0 Å². The van der Waals surface area contributed by atoms with E-state index in [1.54, 1.807) is 27.6 Å². The van der Waals surface area contributed by atoms with Gasteiger partial charge in [-0.25, -0.2) is 22.5 Å². The number of alkyl halides is 3. The summed E-state index contributed by atoms with van der Waals surface area (Å²) in [4.78, 5) is 25.8. The van der Waals surface area contributed by atoms with Crippen LogP contribution in [0.15, 0.2) is 94.5 Å². The molecule has 0 atom stereocenters. The molecule has 1 N–H and O–H groups in total. The number of aromatic nitrogens is 4. The van der Waals surface area contributed by atoms with Crippen LogP contribution >= 0.6 is 58.0 Å². The van der Waals surface area contributed by atoms with E-state index in [0.717, 1.165) is 37.8 Å². The van der Waals surface area contributed by atoms with E-state index in [9.17, 15) is 36.6 Å². The second kappa shape index (κ2) is 18.9. The van der Waals surface area contributed by atoms with Crippen molar-refractivity contribution in [2.75, 3.05) is 0 Å². The third kappa shape index (κ3) is 9.21. The molecule has 21 heteroatoms. The summed E-state index contributed by atoms with van der Waals surface area (Å²) in [6, 6.07) is 17.5. The van der Waals surface area contributed by atoms with Crippen molar-refractivity contribution in [3.63, 3.8) is 0 Å². The quantitative estimate of drug-likeness (QED) is 0.152. The highest BCUT2D eigenvalue weighted by Gasteiger charge is 2.33. The van der Waals surface area contributed by atoms with Gasteiger partial charge in [-0.05, 0) is 86.3 Å². The van der Waals surface area contributed by atoms with Crippen molar-refractivity contribution in [3.05, 3.63) is 154 Å². The molecule has 0 saturated carbocycles. The van der Waals surface area contributed by atoms with E-state index in [2.05, 4.69) is 0 Å². The first-order chi connectivity index (χ1) is 31.4. The molecule has 0 spiro atoms. The van der Waals surface area contributed by atoms with Crippen molar-refractivity contribution >= 4 is 58.0 Å². The summed E-state index contributed by atoms with van der Waals surface area (Å²) in [5, 5.41) is 9.38. The van der Waals surface area contributed by atoms with Crippen molar-refractivity contribution in [3.8, 4) is 62.5 Å². The molecular formula is C45H31Cl5F6N4O6. The number of fused-ring (bicyclic) bond motifs is 2. The van der Waals surface area contributed by atoms with Gasteiger partial charge in [-0.15, -0.1) is 0 Å². The molecule has 0 unspecified atom stereocenters. The second-order valence-corrected chi connectivity index (χ2v) is 16.8. The standard InChI is InChI=1S/C26H16Cl3F5N2O3.C19H15Cl2FN2O3/c27-15-12-17(30)14(22-24(29)35-7-3-4-8-36(35)25(22)37)11-21(15)38-19-5-1-2-6-20(19)39-23-16(28)9-13(10-18(23)31)26(32,33)34;20-12-10-13(22)11(9-16(12)27-15-6-2-1-5-14(15)25)17-18(21)23-7-3-4-8-24(23)19(17)26/h1-2,5-6,9-12H,3-4,7-8H2;1-2,5-6,9-10,25H,3-4,7-8H2. The molecule has 66 heavy (non-hydrogen) atoms. The topological polar surface area (TPSA) is 102 Å². The Labute approximate surface area is 395 Å². The van der Waals surface area contributed by atoms with Crippen LogP contribution in [0.5, 0.6) is 40.2 Å². The van der Waals surface area contributed by atoms with Gasteiger partial charge in [-0.3, -0.25) is 19.0 Å². The fourth-order valence-electron chi connectivity index (χ4n) is 7.43. The first kappa shape index (κ1) is 46.9. The number of aromatic hydroxyl groups is 1. The Bertz CT molecular complexity index is 3130. The molecule has 344 valence electrons. The Morgan fingerprint density at radius 1 is 0.500 bits per heavy atom. The molecule has 0 aliphatic carbocycles. The van der Waals surface area contributed by atoms with Gasteiger partial charge in [0.1, 0.15) is 33.4 Å². The fourth-order valence-corrected chi connectivity index (χ4v) is 8.77. The van der Waals surface area contributed by atoms with Crippen molar-refractivity contribution < 1.29 is 45.7 Å². The first-order valence-electron chi connectivity index (χ1n) is 19.9. The van der Waals surface area contributed by atoms with E-state index in [-0.39, 0.29) is 88.7 Å². The van der Waals surface area contributed by atoms with Crippen LogP contribution in [0.1, 0.15) is 31.2 Å². The largest absolute Gasteiger partial charge is 0.504 e. The zero-order valence-electron chi connectivity index (χ0n) is 33.7. The van der Waals surface area contributed by atoms with Crippen molar-refractivity contribution in [2.24, 2.45) is 0 Å². The van der Waals surface area contributed by atoms with Crippen LogP contribution in [0.3, 0.4) is 0 Å². The summed E-state index contributed by atoms with van der Waals surface area (Å²) < 4.78 is 106. The SMILES string of the molecule is O=c1c(-c2cc(Oc3ccccc3O)c(Cl)cc2F)c(Cl)n2n1CCCC2.O=c1c(-c2cc(Oc3ccccc3Oc3c(F)cc(C(F)(F)F)cc3Cl)c(Cl)cc2F)c(Cl)n2n1CCCC2. The average Bonchev–Trinajstić information content (AvgIpc) is 3.68. The smallest absolute Gasteiger partial charge is 0.416 e. The van der Waals surface area contributed by atoms with Gasteiger partial charge in [0.2, 0.25) is 0 Å². The lowest BCUT2D eigenvalue weighted by Crippen LogP contribution is -2.27. The summed E-state index contributed by atoms with van der Waals surface area (Å²) in [5.74, 6) is -3.57. The Balaban J connectivity index is 0.000000192. The van der Waals surface area contributed by atoms with Crippen LogP contribution in [0.4, 0.5) is 26.3 Å². The molecule has 9 rings (SSSR count). The maximum Gasteiger partial charge on any atom is 0.416 e. The lowest BCUT2D eigenvalue weighted by molar-refractivity contribution is -0.137. The van der Waals surface area contributed by atoms with Crippen LogP contribution in [0.25, 0.3) is 22.3 Å². The number of nitrogens with zero attached hydrogens (tertiary/aromatic N) is 4. The molecule has 0 bridgehead atoms. The first-order valence-corrected chi connectivity index (χ1v) is 21.8. The lowest BCUT2D eigenvalue weighted by atomic mass is 10.1. The number of benzene rings is 5. The van der Waals surface area contributed by atoms with E-state index in [1.165, 1.54) is 51.8 Å². The molecule has 0 radical (unpaired) electrons. The molecule has 2 aromatic heterocycles. The van der Waals surface area contributed by atoms with Crippen LogP contribution in [0.2, 0.25) is 25.4 Å². The number of para-hydroxylation sites is 4. The van der Waals surface area contributed by atoms with Gasteiger partial charge in [-0.1, -0.05) is 82.3 Å². The normalized spacial score (nSPS) is 13.4. The number of hydrogen-bond donors (Lipinski definition) is 1. The number of ether oxygens (including phenoxy) is 3. The number of rotatable bonds is 8. The molecular weight excluding hydrogens is 984 g/mol. The van der Waals surface area contributed by atoms with Crippen molar-refractivity contribution in [1.82, 2.24) is 18.7 Å². The zero-order valence-corrected chi connectivity index (χ0v) is 37.5. The third-order valence-corrected chi connectivity index (χ3v) is 12.2. The van der Waals surface area contributed by atoms with Gasteiger partial charge >= 0.3 is 6.18 Å². The Morgan fingerprint density at radius 3 is 1.36 bits per heavy atom. The fraction of sp³-hybridized carbons (Fsp3) is 0.200. The molecule has 0 saturated heterocycles. The molecule has 5 aromatic carbocycles. The minimum atomic E-state index is -4.81. The predicted molar refractivity (Wildman–Crippen MR) is 238 cm³/mol. The summed E-state index contributed by atoms with van der Waals surface area (Å²) in [7, 11) is 0. The third-order valence-electron chi connectivity index (χ3n) is 10.6. The Morgan fingerprint density at radius 2 is 0.924 bits per heavy atom. The van der Waals surface area contributed by atoms with Crippen LogP contribution < -0.4 is 25.3 Å².